The van der Waals surface area contributed by atoms with E-state index in [1.165, 1.54) is 0 Å². The van der Waals surface area contributed by atoms with E-state index in [-0.39, 0.29) is 0 Å². The molecule has 1 rings (SSSR count). The van der Waals surface area contributed by atoms with Crippen LogP contribution >= 0.6 is 0 Å². The lowest BCUT2D eigenvalue weighted by atomic mass is 9.98. The van der Waals surface area contributed by atoms with Gasteiger partial charge in [-0.2, -0.15) is 0 Å². The Labute approximate surface area is 96.7 Å². The van der Waals surface area contributed by atoms with E-state index in [4.69, 9.17) is 20.7 Å². The summed E-state index contributed by atoms with van der Waals surface area (Å²) >= 11 is 0. The van der Waals surface area contributed by atoms with E-state index in [0.29, 0.717) is 0 Å². The standard InChI is InChI=1S/C6H13NO5.2C2H6/c7-3-5(10)4(9)2(1-8)12-6(3)11;2*1-2/h2-6,8-11H,1,7H2;2*1-2H3/t2?,3-,4?,5?,6-;;/m0../s1. The number of aliphatic hydroxyl groups excluding tert-OH is 4. The molecule has 0 radical (unpaired) electrons. The van der Waals surface area contributed by atoms with Crippen LogP contribution in [0.1, 0.15) is 27.7 Å². The topological polar surface area (TPSA) is 116 Å². The Hall–Kier alpha value is -0.240. The summed E-state index contributed by atoms with van der Waals surface area (Å²) in [7, 11) is 0. The Morgan fingerprint density at radius 3 is 1.81 bits per heavy atom. The summed E-state index contributed by atoms with van der Waals surface area (Å²) in [6.07, 6.45) is -4.85. The van der Waals surface area contributed by atoms with Gasteiger partial charge in [0, 0.05) is 0 Å². The van der Waals surface area contributed by atoms with Crippen molar-refractivity contribution in [3.63, 3.8) is 0 Å². The number of hydrogen-bond donors (Lipinski definition) is 5. The van der Waals surface area contributed by atoms with Crippen LogP contribution in [0, 0.1) is 0 Å². The van der Waals surface area contributed by atoms with Crippen LogP contribution < -0.4 is 5.73 Å². The van der Waals surface area contributed by atoms with Crippen LogP contribution in [0.3, 0.4) is 0 Å². The molecule has 16 heavy (non-hydrogen) atoms. The van der Waals surface area contributed by atoms with Crippen LogP contribution in [0.4, 0.5) is 0 Å². The monoisotopic (exact) mass is 239 g/mol. The second-order valence-electron chi connectivity index (χ2n) is 2.81. The van der Waals surface area contributed by atoms with E-state index in [0.717, 1.165) is 0 Å². The highest BCUT2D eigenvalue weighted by Gasteiger charge is 2.41. The SMILES string of the molecule is CC.CC.N[C@H]1C(O)C(O)C(CO)O[C@@H]1O. The molecule has 0 aromatic carbocycles. The Bertz CT molecular complexity index is 153. The van der Waals surface area contributed by atoms with Crippen LogP contribution in [0.2, 0.25) is 0 Å². The zero-order valence-corrected chi connectivity index (χ0v) is 10.4. The van der Waals surface area contributed by atoms with Crippen molar-refractivity contribution < 1.29 is 25.2 Å². The predicted molar refractivity (Wildman–Crippen MR) is 60.7 cm³/mol. The molecule has 1 aliphatic rings. The number of rotatable bonds is 1. The van der Waals surface area contributed by atoms with Gasteiger partial charge < -0.3 is 30.9 Å². The highest BCUT2D eigenvalue weighted by molar-refractivity contribution is 4.90. The van der Waals surface area contributed by atoms with E-state index >= 15 is 0 Å². The Kier molecular flexibility index (Phi) is 11.3. The lowest BCUT2D eigenvalue weighted by Gasteiger charge is -2.38. The van der Waals surface area contributed by atoms with Crippen molar-refractivity contribution in [3.8, 4) is 0 Å². The average molecular weight is 239 g/mol. The maximum Gasteiger partial charge on any atom is 0.173 e. The highest BCUT2D eigenvalue weighted by atomic mass is 16.6. The predicted octanol–water partition coefficient (Wildman–Crippen LogP) is -1.20. The molecule has 1 aliphatic heterocycles. The lowest BCUT2D eigenvalue weighted by Crippen LogP contribution is -2.61. The van der Waals surface area contributed by atoms with Crippen molar-refractivity contribution in [3.05, 3.63) is 0 Å². The Balaban J connectivity index is 0. The summed E-state index contributed by atoms with van der Waals surface area (Å²) in [5, 5.41) is 36.1. The minimum absolute atomic E-state index is 0.470. The van der Waals surface area contributed by atoms with Gasteiger partial charge in [0.25, 0.3) is 0 Å². The van der Waals surface area contributed by atoms with Gasteiger partial charge in [-0.05, 0) is 0 Å². The number of aliphatic hydroxyl groups is 4. The fourth-order valence-electron chi connectivity index (χ4n) is 1.12. The van der Waals surface area contributed by atoms with Gasteiger partial charge in [0.1, 0.15) is 18.3 Å². The molecule has 5 atom stereocenters. The fraction of sp³-hybridized carbons (Fsp3) is 1.00. The first-order chi connectivity index (χ1) is 7.57. The van der Waals surface area contributed by atoms with Crippen LogP contribution in [0.5, 0.6) is 0 Å². The minimum atomic E-state index is -1.35. The summed E-state index contributed by atoms with van der Waals surface area (Å²) < 4.78 is 4.70. The molecule has 0 amide bonds. The summed E-state index contributed by atoms with van der Waals surface area (Å²) in [5.41, 5.74) is 5.26. The third kappa shape index (κ3) is 4.73. The largest absolute Gasteiger partial charge is 0.394 e. The van der Waals surface area contributed by atoms with Gasteiger partial charge in [-0.3, -0.25) is 0 Å². The maximum atomic E-state index is 9.20. The Morgan fingerprint density at radius 2 is 1.44 bits per heavy atom. The smallest absolute Gasteiger partial charge is 0.173 e. The van der Waals surface area contributed by atoms with Gasteiger partial charge in [0.2, 0.25) is 0 Å². The molecule has 0 spiro atoms. The van der Waals surface area contributed by atoms with Crippen molar-refractivity contribution in [2.45, 2.75) is 58.3 Å². The normalized spacial score (nSPS) is 37.7. The molecule has 1 heterocycles. The highest BCUT2D eigenvalue weighted by Crippen LogP contribution is 2.17. The molecule has 0 aromatic heterocycles. The fourth-order valence-corrected chi connectivity index (χ4v) is 1.12. The molecule has 6 nitrogen and oxygen atoms in total. The molecule has 0 aromatic rings. The first kappa shape index (κ1) is 18.1. The molecule has 6 heteroatoms. The molecule has 1 saturated heterocycles. The third-order valence-electron chi connectivity index (χ3n) is 1.95. The van der Waals surface area contributed by atoms with Gasteiger partial charge in [-0.1, -0.05) is 27.7 Å². The van der Waals surface area contributed by atoms with Gasteiger partial charge >= 0.3 is 0 Å². The molecule has 0 aliphatic carbocycles. The average Bonchev–Trinajstić information content (AvgIpc) is 2.36. The van der Waals surface area contributed by atoms with E-state index in [9.17, 15) is 10.2 Å². The summed E-state index contributed by atoms with van der Waals surface area (Å²) in [6, 6.07) is -1.04. The summed E-state index contributed by atoms with van der Waals surface area (Å²) in [5.74, 6) is 0. The first-order valence-electron chi connectivity index (χ1n) is 5.64. The molecular weight excluding hydrogens is 214 g/mol. The number of nitrogens with two attached hydrogens (primary N) is 1. The van der Waals surface area contributed by atoms with Gasteiger partial charge in [0.05, 0.1) is 12.6 Å². The molecule has 0 saturated carbocycles. The molecular formula is C10H25NO5. The first-order valence-corrected chi connectivity index (χ1v) is 5.64. The van der Waals surface area contributed by atoms with Gasteiger partial charge in [-0.25, -0.2) is 0 Å². The van der Waals surface area contributed by atoms with Crippen molar-refractivity contribution >= 4 is 0 Å². The molecule has 0 bridgehead atoms. The van der Waals surface area contributed by atoms with Crippen molar-refractivity contribution in [2.75, 3.05) is 6.61 Å². The minimum Gasteiger partial charge on any atom is -0.394 e. The number of hydrogen-bond acceptors (Lipinski definition) is 6. The van der Waals surface area contributed by atoms with E-state index in [1.54, 1.807) is 0 Å². The van der Waals surface area contributed by atoms with Crippen LogP contribution in [-0.2, 0) is 4.74 Å². The quantitative estimate of drug-likeness (QED) is 0.392. The summed E-state index contributed by atoms with van der Waals surface area (Å²) in [6.45, 7) is 7.53. The summed E-state index contributed by atoms with van der Waals surface area (Å²) in [4.78, 5) is 0. The zero-order valence-electron chi connectivity index (χ0n) is 10.4. The van der Waals surface area contributed by atoms with E-state index in [2.05, 4.69) is 0 Å². The number of ether oxygens (including phenoxy) is 1. The molecule has 1 fully saturated rings. The molecule has 6 N–H and O–H groups in total. The molecule has 3 unspecified atom stereocenters. The van der Waals surface area contributed by atoms with Crippen LogP contribution in [0.25, 0.3) is 0 Å². The lowest BCUT2D eigenvalue weighted by molar-refractivity contribution is -0.248. The van der Waals surface area contributed by atoms with Crippen LogP contribution in [0.15, 0.2) is 0 Å². The molecule has 100 valence electrons. The van der Waals surface area contributed by atoms with Crippen molar-refractivity contribution in [1.29, 1.82) is 0 Å². The van der Waals surface area contributed by atoms with Crippen LogP contribution in [-0.4, -0.2) is 57.7 Å². The van der Waals surface area contributed by atoms with Gasteiger partial charge in [0.15, 0.2) is 6.29 Å². The zero-order chi connectivity index (χ0) is 13.3. The van der Waals surface area contributed by atoms with Crippen molar-refractivity contribution in [1.82, 2.24) is 0 Å². The Morgan fingerprint density at radius 1 is 1.00 bits per heavy atom. The van der Waals surface area contributed by atoms with Gasteiger partial charge in [-0.15, -0.1) is 0 Å². The van der Waals surface area contributed by atoms with E-state index in [1.807, 2.05) is 27.7 Å². The van der Waals surface area contributed by atoms with E-state index < -0.39 is 37.3 Å². The van der Waals surface area contributed by atoms with Crippen molar-refractivity contribution in [2.24, 2.45) is 5.73 Å². The second-order valence-corrected chi connectivity index (χ2v) is 2.81. The third-order valence-corrected chi connectivity index (χ3v) is 1.95. The second kappa shape index (κ2) is 9.95. The maximum absolute atomic E-state index is 9.20.